The van der Waals surface area contributed by atoms with Gasteiger partial charge in [-0.1, -0.05) is 25.6 Å². The number of hydrogen-bond acceptors (Lipinski definition) is 7. The van der Waals surface area contributed by atoms with E-state index in [2.05, 4.69) is 0 Å². The Labute approximate surface area is 200 Å². The molecule has 188 valence electrons. The minimum Gasteiger partial charge on any atom is -0.430 e. The molecule has 4 rings (SSSR count). The Balaban J connectivity index is 1.88. The molecular formula is C24H29F3O6S. The second-order valence-corrected chi connectivity index (χ2v) is 11.4. The highest BCUT2D eigenvalue weighted by molar-refractivity contribution is 8.13. The van der Waals surface area contributed by atoms with Crippen LogP contribution in [0.15, 0.2) is 23.5 Å². The minimum atomic E-state index is -2.56. The van der Waals surface area contributed by atoms with Crippen LogP contribution in [0.3, 0.4) is 0 Å². The minimum absolute atomic E-state index is 0.155. The number of aliphatic hydroxyl groups is 2. The van der Waals surface area contributed by atoms with Crippen molar-refractivity contribution in [3.8, 4) is 0 Å². The molecule has 0 amide bonds. The summed E-state index contributed by atoms with van der Waals surface area (Å²) < 4.78 is 51.3. The van der Waals surface area contributed by atoms with Crippen molar-refractivity contribution in [2.45, 2.75) is 70.5 Å². The molecule has 6 nitrogen and oxygen atoms in total. The predicted molar refractivity (Wildman–Crippen MR) is 117 cm³/mol. The molecule has 0 aromatic rings. The zero-order chi connectivity index (χ0) is 25.4. The van der Waals surface area contributed by atoms with Gasteiger partial charge in [0.1, 0.15) is 23.5 Å². The Morgan fingerprint density at radius 1 is 1.24 bits per heavy atom. The number of thioether (sulfide) groups is 1. The Kier molecular flexibility index (Phi) is 5.93. The van der Waals surface area contributed by atoms with E-state index in [9.17, 15) is 29.0 Å². The maximum absolute atomic E-state index is 17.4. The molecule has 3 fully saturated rings. The van der Waals surface area contributed by atoms with Crippen molar-refractivity contribution in [1.29, 1.82) is 0 Å². The summed E-state index contributed by atoms with van der Waals surface area (Å²) >= 11 is 0.322. The number of alkyl halides is 3. The van der Waals surface area contributed by atoms with Crippen molar-refractivity contribution < 1.29 is 42.5 Å². The van der Waals surface area contributed by atoms with Gasteiger partial charge in [-0.25, -0.2) is 13.2 Å². The van der Waals surface area contributed by atoms with Crippen LogP contribution in [0.25, 0.3) is 0 Å². The predicted octanol–water partition coefficient (Wildman–Crippen LogP) is 3.36. The van der Waals surface area contributed by atoms with Crippen molar-refractivity contribution in [2.24, 2.45) is 28.6 Å². The first-order valence-electron chi connectivity index (χ1n) is 11.3. The molecule has 0 saturated heterocycles. The van der Waals surface area contributed by atoms with Crippen LogP contribution >= 0.6 is 11.8 Å². The summed E-state index contributed by atoms with van der Waals surface area (Å²) in [4.78, 5) is 36.9. The van der Waals surface area contributed by atoms with Gasteiger partial charge in [0.05, 0.1) is 11.5 Å². The van der Waals surface area contributed by atoms with E-state index >= 15 is 8.78 Å². The summed E-state index contributed by atoms with van der Waals surface area (Å²) in [6, 6.07) is -1.04. The summed E-state index contributed by atoms with van der Waals surface area (Å²) in [7, 11) is 0. The number of rotatable bonds is 3. The molecule has 0 radical (unpaired) electrons. The van der Waals surface area contributed by atoms with Crippen LogP contribution in [0.4, 0.5) is 13.2 Å². The fourth-order valence-corrected chi connectivity index (χ4v) is 8.25. The molecule has 0 aliphatic heterocycles. The van der Waals surface area contributed by atoms with Crippen LogP contribution in [-0.4, -0.2) is 56.6 Å². The second-order valence-electron chi connectivity index (χ2n) is 10.5. The number of ether oxygens (including phenoxy) is 1. The summed E-state index contributed by atoms with van der Waals surface area (Å²) in [5.41, 5.74) is -8.12. The number of ketones is 1. The van der Waals surface area contributed by atoms with Gasteiger partial charge in [0.2, 0.25) is 5.12 Å². The zero-order valence-electron chi connectivity index (χ0n) is 19.4. The topological polar surface area (TPSA) is 101 Å². The van der Waals surface area contributed by atoms with Crippen LogP contribution < -0.4 is 0 Å². The lowest BCUT2D eigenvalue weighted by Gasteiger charge is -2.63. The first kappa shape index (κ1) is 25.4. The summed E-state index contributed by atoms with van der Waals surface area (Å²) in [6.45, 7) is 5.57. The molecule has 0 spiro atoms. The fraction of sp³-hybridized carbons (Fsp3) is 0.708. The molecule has 10 heteroatoms. The van der Waals surface area contributed by atoms with Gasteiger partial charge in [0.15, 0.2) is 11.5 Å². The third kappa shape index (κ3) is 2.94. The van der Waals surface area contributed by atoms with E-state index in [-0.39, 0.29) is 30.6 Å². The Hall–Kier alpha value is -1.65. The zero-order valence-corrected chi connectivity index (χ0v) is 20.3. The molecule has 4 aliphatic carbocycles. The average molecular weight is 503 g/mol. The Bertz CT molecular complexity index is 1010. The highest BCUT2D eigenvalue weighted by Gasteiger charge is 2.78. The van der Waals surface area contributed by atoms with Gasteiger partial charge in [-0.05, 0) is 49.7 Å². The van der Waals surface area contributed by atoms with E-state index in [0.29, 0.717) is 11.8 Å². The number of aliphatic hydroxyl groups excluding tert-OH is 1. The summed E-state index contributed by atoms with van der Waals surface area (Å²) in [6.07, 6.45) is -2.23. The van der Waals surface area contributed by atoms with Gasteiger partial charge in [0, 0.05) is 24.3 Å². The first-order chi connectivity index (χ1) is 15.7. The van der Waals surface area contributed by atoms with Gasteiger partial charge in [0.25, 0.3) is 0 Å². The van der Waals surface area contributed by atoms with E-state index in [1.54, 1.807) is 13.8 Å². The molecule has 0 bridgehead atoms. The molecule has 0 aromatic heterocycles. The van der Waals surface area contributed by atoms with Crippen LogP contribution in [0.1, 0.15) is 47.0 Å². The van der Waals surface area contributed by atoms with Crippen molar-refractivity contribution in [3.63, 3.8) is 0 Å². The lowest BCUT2D eigenvalue weighted by atomic mass is 9.44. The van der Waals surface area contributed by atoms with E-state index in [4.69, 9.17) is 4.74 Å². The Morgan fingerprint density at radius 2 is 1.88 bits per heavy atom. The second kappa shape index (κ2) is 7.93. The number of fused-ring (bicyclic) bond motifs is 5. The largest absolute Gasteiger partial charge is 0.430 e. The maximum atomic E-state index is 17.4. The normalized spacial score (nSPS) is 47.7. The molecule has 3 saturated carbocycles. The third-order valence-corrected chi connectivity index (χ3v) is 9.78. The number of halogens is 3. The molecular weight excluding hydrogens is 473 g/mol. The maximum Gasteiger partial charge on any atom is 0.307 e. The van der Waals surface area contributed by atoms with Crippen LogP contribution in [-0.2, 0) is 19.1 Å². The summed E-state index contributed by atoms with van der Waals surface area (Å²) in [5, 5.41) is 22.1. The van der Waals surface area contributed by atoms with E-state index in [0.717, 1.165) is 19.1 Å². The highest BCUT2D eigenvalue weighted by atomic mass is 32.2. The van der Waals surface area contributed by atoms with Crippen LogP contribution in [0, 0.1) is 28.6 Å². The Morgan fingerprint density at radius 3 is 2.47 bits per heavy atom. The number of carbonyl (C=O) groups excluding carboxylic acids is 3. The smallest absolute Gasteiger partial charge is 0.307 e. The highest BCUT2D eigenvalue weighted by Crippen LogP contribution is 2.72. The number of esters is 1. The van der Waals surface area contributed by atoms with Crippen molar-refractivity contribution >= 4 is 28.6 Å². The molecule has 34 heavy (non-hydrogen) atoms. The lowest BCUT2D eigenvalue weighted by molar-refractivity contribution is -0.228. The van der Waals surface area contributed by atoms with Gasteiger partial charge in [-0.2, -0.15) is 0 Å². The molecule has 1 unspecified atom stereocenters. The van der Waals surface area contributed by atoms with Crippen molar-refractivity contribution in [3.05, 3.63) is 23.5 Å². The van der Waals surface area contributed by atoms with E-state index in [1.807, 2.05) is 0 Å². The number of allylic oxidation sites excluding steroid dienone is 3. The quantitative estimate of drug-likeness (QED) is 0.571. The van der Waals surface area contributed by atoms with Crippen molar-refractivity contribution in [2.75, 3.05) is 6.01 Å². The monoisotopic (exact) mass is 502 g/mol. The average Bonchev–Trinajstić information content (AvgIpc) is 2.93. The fourth-order valence-electron chi connectivity index (χ4n) is 7.50. The van der Waals surface area contributed by atoms with Crippen LogP contribution in [0.2, 0.25) is 0 Å². The standard InChI is InChI=1S/C24H29F3O6S/c1-11-5-14-15-8-17(26)16-6-13(29)7-19(33-12(2)28)22(16,4)23(15,27)18(30)9-21(14,3)24(11,32)20(31)34-10-25/h6-7,11,14-15,17-18,30,32H,5,8-10H2,1-4H3/t11-,14+,15?,17+,18+,21+,22+,23+,24+/m1/s1. The molecule has 9 atom stereocenters. The third-order valence-electron chi connectivity index (χ3n) is 9.09. The van der Waals surface area contributed by atoms with Gasteiger partial charge >= 0.3 is 5.97 Å². The molecule has 2 N–H and O–H groups in total. The van der Waals surface area contributed by atoms with Gasteiger partial charge < -0.3 is 14.9 Å². The first-order valence-corrected chi connectivity index (χ1v) is 12.3. The van der Waals surface area contributed by atoms with Crippen molar-refractivity contribution in [1.82, 2.24) is 0 Å². The van der Waals surface area contributed by atoms with Crippen LogP contribution in [0.5, 0.6) is 0 Å². The van der Waals surface area contributed by atoms with E-state index in [1.165, 1.54) is 6.92 Å². The van der Waals surface area contributed by atoms with Gasteiger partial charge in [-0.15, -0.1) is 0 Å². The lowest BCUT2D eigenvalue weighted by Crippen LogP contribution is -2.71. The molecule has 4 aliphatic rings. The molecule has 0 aromatic carbocycles. The number of carbonyl (C=O) groups is 3. The summed E-state index contributed by atoms with van der Waals surface area (Å²) in [5.74, 6) is -4.45. The SMILES string of the molecule is CC(=O)OC1=CC(=O)C=C2[C@@H](F)CC3[C@@H]4C[C@@H](C)[C@](O)(C(=O)SCF)[C@@]4(C)C[C@H](O)[C@]3(F)[C@]12C. The van der Waals surface area contributed by atoms with Gasteiger partial charge in [-0.3, -0.25) is 14.4 Å². The van der Waals surface area contributed by atoms with E-state index < -0.39 is 75.0 Å². The number of hydrogen-bond donors (Lipinski definition) is 2. The molecule has 0 heterocycles.